The Bertz CT molecular complexity index is 126. The Hall–Kier alpha value is -0.0200. The molecule has 60 valence electrons. The summed E-state index contributed by atoms with van der Waals surface area (Å²) in [7, 11) is 0. The van der Waals surface area contributed by atoms with Gasteiger partial charge in [0.1, 0.15) is 5.60 Å². The van der Waals surface area contributed by atoms with Gasteiger partial charge in [-0.05, 0) is 13.8 Å². The lowest BCUT2D eigenvalue weighted by molar-refractivity contribution is 0.156. The van der Waals surface area contributed by atoms with Crippen molar-refractivity contribution in [2.24, 2.45) is 0 Å². The van der Waals surface area contributed by atoms with Gasteiger partial charge in [0.25, 0.3) is 0 Å². The lowest BCUT2D eigenvalue weighted by Gasteiger charge is -2.18. The Morgan fingerprint density at radius 3 is 2.00 bits per heavy atom. The summed E-state index contributed by atoms with van der Waals surface area (Å²) < 4.78 is 0. The van der Waals surface area contributed by atoms with Crippen LogP contribution >= 0.6 is 11.8 Å². The smallest absolute Gasteiger partial charge is 0.106 e. The highest BCUT2D eigenvalue weighted by Crippen LogP contribution is 2.19. The molecule has 0 heterocycles. The van der Waals surface area contributed by atoms with Crippen LogP contribution in [0.5, 0.6) is 0 Å². The quantitative estimate of drug-likeness (QED) is 0.479. The minimum Gasteiger partial charge on any atom is -0.384 e. The van der Waals surface area contributed by atoms with Crippen molar-refractivity contribution in [3.63, 3.8) is 0 Å². The molecule has 0 saturated carbocycles. The summed E-state index contributed by atoms with van der Waals surface area (Å²) >= 11 is 1.39. The maximum absolute atomic E-state index is 9.29. The first-order valence-electron chi connectivity index (χ1n) is 3.32. The number of hydrogen-bond donors (Lipinski definition) is 2. The molecule has 0 aliphatic carbocycles. The van der Waals surface area contributed by atoms with Crippen molar-refractivity contribution >= 4 is 16.8 Å². The van der Waals surface area contributed by atoms with Crippen molar-refractivity contribution in [2.45, 2.75) is 38.5 Å². The molecule has 0 aromatic heterocycles. The molecule has 0 fully saturated rings. The summed E-state index contributed by atoms with van der Waals surface area (Å²) in [5.74, 6) is 0. The van der Waals surface area contributed by atoms with Crippen LogP contribution in [0.25, 0.3) is 0 Å². The van der Waals surface area contributed by atoms with Crippen molar-refractivity contribution in [2.75, 3.05) is 0 Å². The largest absolute Gasteiger partial charge is 0.384 e. The highest BCUT2D eigenvalue weighted by Gasteiger charge is 2.20. The van der Waals surface area contributed by atoms with E-state index in [0.717, 1.165) is 0 Å². The molecule has 2 N–H and O–H groups in total. The molecule has 0 saturated heterocycles. The minimum absolute atomic E-state index is 0.336. The Morgan fingerprint density at radius 1 is 1.50 bits per heavy atom. The second-order valence-corrected chi connectivity index (χ2v) is 4.64. The van der Waals surface area contributed by atoms with Crippen molar-refractivity contribution in [1.82, 2.24) is 0 Å². The van der Waals surface area contributed by atoms with E-state index in [-0.39, 0.29) is 0 Å². The predicted octanol–water partition coefficient (Wildman–Crippen LogP) is 1.88. The first-order valence-corrected chi connectivity index (χ1v) is 4.20. The Balaban J connectivity index is 3.87. The zero-order valence-electron chi connectivity index (χ0n) is 6.93. The van der Waals surface area contributed by atoms with E-state index in [1.54, 1.807) is 13.8 Å². The van der Waals surface area contributed by atoms with E-state index in [0.29, 0.717) is 10.3 Å². The van der Waals surface area contributed by atoms with Gasteiger partial charge in [-0.25, -0.2) is 0 Å². The van der Waals surface area contributed by atoms with E-state index in [2.05, 4.69) is 0 Å². The number of thioether (sulfide) groups is 1. The molecule has 0 aliphatic heterocycles. The fraction of sp³-hybridized carbons (Fsp3) is 0.857. The number of nitrogens with one attached hydrogen (secondary N) is 1. The van der Waals surface area contributed by atoms with Gasteiger partial charge in [0.2, 0.25) is 0 Å². The molecule has 10 heavy (non-hydrogen) atoms. The van der Waals surface area contributed by atoms with Gasteiger partial charge in [-0.15, -0.1) is 11.8 Å². The fourth-order valence-corrected chi connectivity index (χ4v) is 1.14. The van der Waals surface area contributed by atoms with Gasteiger partial charge in [-0.2, -0.15) is 0 Å². The van der Waals surface area contributed by atoms with Crippen LogP contribution in [-0.2, 0) is 0 Å². The average molecular weight is 161 g/mol. The summed E-state index contributed by atoms with van der Waals surface area (Å²) in [6.45, 7) is 7.27. The molecule has 0 aliphatic rings. The third-order valence-corrected chi connectivity index (χ3v) is 2.12. The topological polar surface area (TPSA) is 44.1 Å². The van der Waals surface area contributed by atoms with E-state index in [1.807, 2.05) is 13.8 Å². The van der Waals surface area contributed by atoms with Gasteiger partial charge in [-0.1, -0.05) is 13.8 Å². The van der Waals surface area contributed by atoms with Crippen LogP contribution in [0.4, 0.5) is 0 Å². The van der Waals surface area contributed by atoms with Gasteiger partial charge in [0.05, 0.1) is 5.04 Å². The first kappa shape index (κ1) is 9.98. The number of rotatable bonds is 2. The Kier molecular flexibility index (Phi) is 3.39. The normalized spacial score (nSPS) is 12.2. The van der Waals surface area contributed by atoms with Gasteiger partial charge in [0, 0.05) is 5.25 Å². The third kappa shape index (κ3) is 3.90. The van der Waals surface area contributed by atoms with Crippen LogP contribution in [-0.4, -0.2) is 21.0 Å². The minimum atomic E-state index is -0.963. The zero-order chi connectivity index (χ0) is 8.36. The fourth-order valence-electron chi connectivity index (χ4n) is 0.380. The average Bonchev–Trinajstić information content (AvgIpc) is 1.60. The van der Waals surface area contributed by atoms with E-state index in [4.69, 9.17) is 5.41 Å². The molecule has 0 radical (unpaired) electrons. The summed E-state index contributed by atoms with van der Waals surface area (Å²) in [5.41, 5.74) is -0.963. The molecule has 3 heteroatoms. The Labute approximate surface area is 66.5 Å². The number of hydrogen-bond acceptors (Lipinski definition) is 3. The molecule has 0 bridgehead atoms. The van der Waals surface area contributed by atoms with Gasteiger partial charge < -0.3 is 5.11 Å². The van der Waals surface area contributed by atoms with E-state index in [9.17, 15) is 5.11 Å². The van der Waals surface area contributed by atoms with Crippen LogP contribution in [0.2, 0.25) is 0 Å². The molecule has 0 amide bonds. The zero-order valence-corrected chi connectivity index (χ0v) is 7.75. The lowest BCUT2D eigenvalue weighted by atomic mass is 10.2. The monoisotopic (exact) mass is 161 g/mol. The summed E-state index contributed by atoms with van der Waals surface area (Å²) in [5, 5.41) is 17.4. The molecular weight excluding hydrogens is 146 g/mol. The van der Waals surface area contributed by atoms with Crippen molar-refractivity contribution in [1.29, 1.82) is 5.41 Å². The molecule has 2 nitrogen and oxygen atoms in total. The molecule has 0 atom stereocenters. The van der Waals surface area contributed by atoms with Crippen molar-refractivity contribution in [3.05, 3.63) is 0 Å². The predicted molar refractivity (Wildman–Crippen MR) is 46.8 cm³/mol. The maximum atomic E-state index is 9.29. The first-order chi connectivity index (χ1) is 4.34. The van der Waals surface area contributed by atoms with Crippen LogP contribution < -0.4 is 0 Å². The maximum Gasteiger partial charge on any atom is 0.106 e. The highest BCUT2D eigenvalue weighted by atomic mass is 32.2. The van der Waals surface area contributed by atoms with E-state index in [1.165, 1.54) is 11.8 Å². The molecule has 0 unspecified atom stereocenters. The molecule has 0 rings (SSSR count). The third-order valence-electron chi connectivity index (χ3n) is 0.909. The van der Waals surface area contributed by atoms with Gasteiger partial charge >= 0.3 is 0 Å². The highest BCUT2D eigenvalue weighted by molar-refractivity contribution is 8.14. The van der Waals surface area contributed by atoms with Crippen LogP contribution in [0.1, 0.15) is 27.7 Å². The van der Waals surface area contributed by atoms with Crippen molar-refractivity contribution in [3.8, 4) is 0 Å². The molecular formula is C7H15NOS. The second-order valence-electron chi connectivity index (χ2n) is 3.05. The molecule has 0 aromatic carbocycles. The molecule has 0 aromatic rings. The van der Waals surface area contributed by atoms with E-state index < -0.39 is 5.60 Å². The van der Waals surface area contributed by atoms with Crippen LogP contribution in [0.15, 0.2) is 0 Å². The standard InChI is InChI=1S/C7H15NOS/c1-5(2)10-6(8)7(3,4)9/h5,8-9H,1-4H3. The summed E-state index contributed by atoms with van der Waals surface area (Å²) in [6.07, 6.45) is 0. The summed E-state index contributed by atoms with van der Waals surface area (Å²) in [6, 6.07) is 0. The van der Waals surface area contributed by atoms with Crippen LogP contribution in [0.3, 0.4) is 0 Å². The molecule has 0 spiro atoms. The van der Waals surface area contributed by atoms with Crippen molar-refractivity contribution < 1.29 is 5.11 Å². The lowest BCUT2D eigenvalue weighted by Crippen LogP contribution is -2.28. The summed E-state index contributed by atoms with van der Waals surface area (Å²) in [4.78, 5) is 0. The van der Waals surface area contributed by atoms with Crippen LogP contribution in [0, 0.1) is 5.41 Å². The van der Waals surface area contributed by atoms with Gasteiger partial charge in [-0.3, -0.25) is 5.41 Å². The SMILES string of the molecule is CC(C)SC(=N)C(C)(C)O. The second kappa shape index (κ2) is 3.39. The van der Waals surface area contributed by atoms with Gasteiger partial charge in [0.15, 0.2) is 0 Å². The number of aliphatic hydroxyl groups is 1. The van der Waals surface area contributed by atoms with E-state index >= 15 is 0 Å². The Morgan fingerprint density at radius 2 is 1.90 bits per heavy atom.